The fourth-order valence-corrected chi connectivity index (χ4v) is 1.70. The van der Waals surface area contributed by atoms with Gasteiger partial charge in [-0.05, 0) is 18.2 Å². The number of benzene rings is 1. The Morgan fingerprint density at radius 3 is 2.44 bits per heavy atom. The minimum atomic E-state index is -0.604. The van der Waals surface area contributed by atoms with Gasteiger partial charge in [-0.2, -0.15) is 4.98 Å². The van der Waals surface area contributed by atoms with Gasteiger partial charge in [-0.3, -0.25) is 0 Å². The smallest absolute Gasteiger partial charge is 0.240 e. The minimum Gasteiger partial charge on any atom is -0.437 e. The van der Waals surface area contributed by atoms with Crippen molar-refractivity contribution in [2.75, 3.05) is 5.73 Å². The Morgan fingerprint density at radius 2 is 1.78 bits per heavy atom. The van der Waals surface area contributed by atoms with Crippen molar-refractivity contribution in [3.8, 4) is 11.6 Å². The van der Waals surface area contributed by atoms with E-state index in [1.807, 2.05) is 0 Å². The van der Waals surface area contributed by atoms with Gasteiger partial charge >= 0.3 is 0 Å². The van der Waals surface area contributed by atoms with E-state index in [9.17, 15) is 4.39 Å². The number of pyridine rings is 1. The predicted molar refractivity (Wildman–Crippen MR) is 70.2 cm³/mol. The largest absolute Gasteiger partial charge is 0.437 e. The Labute approximate surface area is 117 Å². The van der Waals surface area contributed by atoms with E-state index < -0.39 is 5.82 Å². The van der Waals surface area contributed by atoms with E-state index in [2.05, 4.69) is 4.98 Å². The molecule has 2 aromatic rings. The quantitative estimate of drug-likeness (QED) is 0.885. The molecule has 0 spiro atoms. The molecular weight excluding hydrogens is 301 g/mol. The molecule has 2 N–H and O–H groups in total. The molecule has 0 saturated heterocycles. The van der Waals surface area contributed by atoms with Crippen LogP contribution in [0.1, 0.15) is 0 Å². The van der Waals surface area contributed by atoms with Crippen LogP contribution in [-0.2, 0) is 0 Å². The number of anilines is 1. The fraction of sp³-hybridized carbons (Fsp3) is 0. The third-order valence-electron chi connectivity index (χ3n) is 2.03. The van der Waals surface area contributed by atoms with Crippen LogP contribution < -0.4 is 10.5 Å². The monoisotopic (exact) mass is 306 g/mol. The maximum atomic E-state index is 13.2. The molecule has 0 bridgehead atoms. The highest BCUT2D eigenvalue weighted by molar-refractivity contribution is 6.36. The summed E-state index contributed by atoms with van der Waals surface area (Å²) in [6, 6.07) is 5.35. The number of halogens is 4. The Bertz CT molecular complexity index is 607. The molecule has 1 aromatic carbocycles. The number of nitrogens with two attached hydrogens (primary N) is 1. The summed E-state index contributed by atoms with van der Waals surface area (Å²) in [4.78, 5) is 3.86. The van der Waals surface area contributed by atoms with Crippen LogP contribution in [0.2, 0.25) is 15.1 Å². The summed E-state index contributed by atoms with van der Waals surface area (Å²) in [7, 11) is 0. The lowest BCUT2D eigenvalue weighted by Crippen LogP contribution is -1.96. The third-order valence-corrected chi connectivity index (χ3v) is 2.91. The molecule has 0 atom stereocenters. The summed E-state index contributed by atoms with van der Waals surface area (Å²) >= 11 is 17.2. The average Bonchev–Trinajstić information content (AvgIpc) is 2.31. The van der Waals surface area contributed by atoms with Crippen LogP contribution in [0.25, 0.3) is 0 Å². The zero-order valence-electron chi connectivity index (χ0n) is 8.75. The molecule has 94 valence electrons. The van der Waals surface area contributed by atoms with E-state index in [1.165, 1.54) is 18.2 Å². The van der Waals surface area contributed by atoms with Gasteiger partial charge in [-0.1, -0.05) is 34.8 Å². The van der Waals surface area contributed by atoms with Crippen molar-refractivity contribution in [2.24, 2.45) is 0 Å². The van der Waals surface area contributed by atoms with Crippen molar-refractivity contribution >= 4 is 40.6 Å². The summed E-state index contributed by atoms with van der Waals surface area (Å²) in [6.45, 7) is 0. The third kappa shape index (κ3) is 2.77. The number of aromatic nitrogens is 1. The normalized spacial score (nSPS) is 10.4. The highest BCUT2D eigenvalue weighted by Gasteiger charge is 2.10. The number of nitrogens with zero attached hydrogens (tertiary/aromatic N) is 1. The zero-order valence-corrected chi connectivity index (χ0v) is 11.0. The molecule has 0 unspecified atom stereocenters. The van der Waals surface area contributed by atoms with Crippen LogP contribution in [0.3, 0.4) is 0 Å². The summed E-state index contributed by atoms with van der Waals surface area (Å²) in [5, 5.41) is 0.385. The lowest BCUT2D eigenvalue weighted by Gasteiger charge is -2.08. The summed E-state index contributed by atoms with van der Waals surface area (Å²) in [5.74, 6) is -0.286. The maximum absolute atomic E-state index is 13.2. The van der Waals surface area contributed by atoms with Gasteiger partial charge in [-0.25, -0.2) is 4.39 Å². The lowest BCUT2D eigenvalue weighted by atomic mass is 10.3. The summed E-state index contributed by atoms with van der Waals surface area (Å²) < 4.78 is 18.5. The first-order valence-corrected chi connectivity index (χ1v) is 5.85. The minimum absolute atomic E-state index is 0.00275. The second-order valence-electron chi connectivity index (χ2n) is 3.32. The van der Waals surface area contributed by atoms with Crippen molar-refractivity contribution in [3.63, 3.8) is 0 Å². The lowest BCUT2D eigenvalue weighted by molar-refractivity contribution is 0.459. The van der Waals surface area contributed by atoms with Gasteiger partial charge in [0.1, 0.15) is 22.4 Å². The first-order chi connectivity index (χ1) is 8.47. The predicted octanol–water partition coefficient (Wildman–Crippen LogP) is 4.56. The second kappa shape index (κ2) is 5.18. The molecule has 7 heteroatoms. The van der Waals surface area contributed by atoms with E-state index in [0.29, 0.717) is 0 Å². The molecule has 0 aliphatic heterocycles. The molecule has 3 nitrogen and oxygen atoms in total. The number of ether oxygens (including phenoxy) is 1. The van der Waals surface area contributed by atoms with Crippen molar-refractivity contribution in [2.45, 2.75) is 0 Å². The van der Waals surface area contributed by atoms with Gasteiger partial charge in [0.05, 0.1) is 10.0 Å². The Kier molecular flexibility index (Phi) is 3.80. The molecule has 2 rings (SSSR count). The molecule has 0 radical (unpaired) electrons. The molecule has 18 heavy (non-hydrogen) atoms. The van der Waals surface area contributed by atoms with Crippen LogP contribution in [0.5, 0.6) is 11.6 Å². The van der Waals surface area contributed by atoms with Gasteiger partial charge in [0.25, 0.3) is 0 Å². The standard InChI is InChI=1S/C11H6Cl3FN2O/c12-6-2-1-5(3-9(6)15)18-11-8(14)4-7(13)10(16)17-11/h1-4H,(H2,16,17). The fourth-order valence-electron chi connectivity index (χ4n) is 1.19. The molecule has 1 aromatic heterocycles. The topological polar surface area (TPSA) is 48.1 Å². The van der Waals surface area contributed by atoms with Gasteiger partial charge in [0, 0.05) is 6.07 Å². The second-order valence-corrected chi connectivity index (χ2v) is 4.54. The Morgan fingerprint density at radius 1 is 1.06 bits per heavy atom. The van der Waals surface area contributed by atoms with Crippen LogP contribution in [0, 0.1) is 5.82 Å². The number of hydrogen-bond donors (Lipinski definition) is 1. The van der Waals surface area contributed by atoms with Crippen LogP contribution in [0.15, 0.2) is 24.3 Å². The Hall–Kier alpha value is -1.23. The van der Waals surface area contributed by atoms with E-state index in [1.54, 1.807) is 0 Å². The molecule has 0 fully saturated rings. The summed E-state index contributed by atoms with van der Waals surface area (Å²) in [5.41, 5.74) is 5.52. The Balaban J connectivity index is 2.34. The van der Waals surface area contributed by atoms with Gasteiger partial charge in [0.2, 0.25) is 5.88 Å². The van der Waals surface area contributed by atoms with Crippen LogP contribution >= 0.6 is 34.8 Å². The van der Waals surface area contributed by atoms with E-state index >= 15 is 0 Å². The highest BCUT2D eigenvalue weighted by Crippen LogP contribution is 2.33. The molecule has 0 aliphatic rings. The van der Waals surface area contributed by atoms with E-state index in [-0.39, 0.29) is 32.5 Å². The average molecular weight is 308 g/mol. The number of rotatable bonds is 2. The van der Waals surface area contributed by atoms with Gasteiger partial charge < -0.3 is 10.5 Å². The maximum Gasteiger partial charge on any atom is 0.240 e. The van der Waals surface area contributed by atoms with Crippen LogP contribution in [-0.4, -0.2) is 4.98 Å². The van der Waals surface area contributed by atoms with Gasteiger partial charge in [0.15, 0.2) is 0 Å². The molecule has 0 aliphatic carbocycles. The van der Waals surface area contributed by atoms with Crippen molar-refractivity contribution < 1.29 is 9.13 Å². The van der Waals surface area contributed by atoms with Crippen molar-refractivity contribution in [3.05, 3.63) is 45.2 Å². The molecular formula is C11H6Cl3FN2O. The number of hydrogen-bond acceptors (Lipinski definition) is 3. The molecule has 0 amide bonds. The zero-order chi connectivity index (χ0) is 13.3. The van der Waals surface area contributed by atoms with E-state index in [0.717, 1.165) is 6.07 Å². The highest BCUT2D eigenvalue weighted by atomic mass is 35.5. The van der Waals surface area contributed by atoms with Crippen LogP contribution in [0.4, 0.5) is 10.2 Å². The first kappa shape index (κ1) is 13.2. The van der Waals surface area contributed by atoms with Gasteiger partial charge in [-0.15, -0.1) is 0 Å². The van der Waals surface area contributed by atoms with E-state index in [4.69, 9.17) is 45.3 Å². The van der Waals surface area contributed by atoms with Crippen molar-refractivity contribution in [1.29, 1.82) is 0 Å². The molecule has 1 heterocycles. The SMILES string of the molecule is Nc1nc(Oc2ccc(Cl)c(F)c2)c(Cl)cc1Cl. The molecule has 0 saturated carbocycles. The van der Waals surface area contributed by atoms with Crippen molar-refractivity contribution in [1.82, 2.24) is 4.98 Å². The summed E-state index contributed by atoms with van der Waals surface area (Å²) in [6.07, 6.45) is 0. The first-order valence-electron chi connectivity index (χ1n) is 4.72. The number of nitrogen functional groups attached to an aromatic ring is 1.